The van der Waals surface area contributed by atoms with Crippen LogP contribution in [-0.4, -0.2) is 6.04 Å². The topological polar surface area (TPSA) is 25.2 Å². The molecule has 1 saturated carbocycles. The van der Waals surface area contributed by atoms with Gasteiger partial charge in [0.25, 0.3) is 0 Å². The maximum absolute atomic E-state index is 5.82. The minimum atomic E-state index is 0.735. The van der Waals surface area contributed by atoms with Crippen LogP contribution in [0.3, 0.4) is 0 Å². The van der Waals surface area contributed by atoms with Crippen LogP contribution in [0.15, 0.2) is 28.7 Å². The average molecular weight is 229 g/mol. The van der Waals surface area contributed by atoms with Gasteiger partial charge in [0.2, 0.25) is 0 Å². The Bertz CT molecular complexity index is 511. The van der Waals surface area contributed by atoms with Gasteiger partial charge < -0.3 is 9.73 Å². The van der Waals surface area contributed by atoms with Crippen LogP contribution in [0.1, 0.15) is 37.5 Å². The predicted molar refractivity (Wildman–Crippen MR) is 70.1 cm³/mol. The molecule has 1 aliphatic rings. The van der Waals surface area contributed by atoms with Crippen molar-refractivity contribution in [1.82, 2.24) is 5.32 Å². The van der Waals surface area contributed by atoms with Gasteiger partial charge in [-0.15, -0.1) is 0 Å². The van der Waals surface area contributed by atoms with Crippen LogP contribution in [0.25, 0.3) is 11.0 Å². The van der Waals surface area contributed by atoms with Gasteiger partial charge >= 0.3 is 0 Å². The average Bonchev–Trinajstić information content (AvgIpc) is 3.06. The smallest absolute Gasteiger partial charge is 0.134 e. The van der Waals surface area contributed by atoms with Gasteiger partial charge in [-0.2, -0.15) is 0 Å². The standard InChI is InChI=1S/C15H19NO/c1-2-3-11-4-7-15-12(8-11)9-14(17-15)10-16-13-5-6-13/h4,7-9,13,16H,2-3,5-6,10H2,1H3. The second-order valence-electron chi connectivity index (χ2n) is 4.99. The summed E-state index contributed by atoms with van der Waals surface area (Å²) in [4.78, 5) is 0. The molecule has 0 bridgehead atoms. The lowest BCUT2D eigenvalue weighted by atomic mass is 10.1. The first kappa shape index (κ1) is 10.8. The zero-order valence-corrected chi connectivity index (χ0v) is 10.3. The molecule has 1 fully saturated rings. The van der Waals surface area contributed by atoms with E-state index in [1.807, 2.05) is 0 Å². The van der Waals surface area contributed by atoms with Gasteiger partial charge in [0.05, 0.1) is 6.54 Å². The molecule has 2 nitrogen and oxygen atoms in total. The third kappa shape index (κ3) is 2.52. The predicted octanol–water partition coefficient (Wildman–Crippen LogP) is 3.64. The van der Waals surface area contributed by atoms with Gasteiger partial charge in [-0.25, -0.2) is 0 Å². The fourth-order valence-corrected chi connectivity index (χ4v) is 2.21. The van der Waals surface area contributed by atoms with E-state index >= 15 is 0 Å². The summed E-state index contributed by atoms with van der Waals surface area (Å²) in [5, 5.41) is 4.72. The van der Waals surface area contributed by atoms with Gasteiger partial charge in [0.15, 0.2) is 0 Å². The summed E-state index contributed by atoms with van der Waals surface area (Å²) in [5.41, 5.74) is 2.42. The van der Waals surface area contributed by atoms with Crippen molar-refractivity contribution >= 4 is 11.0 Å². The highest BCUT2D eigenvalue weighted by Crippen LogP contribution is 2.23. The van der Waals surface area contributed by atoms with Crippen molar-refractivity contribution in [2.45, 2.75) is 45.2 Å². The van der Waals surface area contributed by atoms with Crippen molar-refractivity contribution in [2.75, 3.05) is 0 Å². The van der Waals surface area contributed by atoms with Gasteiger partial charge in [0, 0.05) is 11.4 Å². The first-order chi connectivity index (χ1) is 8.35. The summed E-state index contributed by atoms with van der Waals surface area (Å²) in [6.07, 6.45) is 4.98. The molecule has 1 aliphatic carbocycles. The molecule has 3 rings (SSSR count). The first-order valence-corrected chi connectivity index (χ1v) is 6.60. The molecule has 0 amide bonds. The lowest BCUT2D eigenvalue weighted by Crippen LogP contribution is -2.14. The van der Waals surface area contributed by atoms with Crippen LogP contribution in [0.4, 0.5) is 0 Å². The van der Waals surface area contributed by atoms with E-state index < -0.39 is 0 Å². The van der Waals surface area contributed by atoms with E-state index in [-0.39, 0.29) is 0 Å². The van der Waals surface area contributed by atoms with Crippen molar-refractivity contribution < 1.29 is 4.42 Å². The summed E-state index contributed by atoms with van der Waals surface area (Å²) in [7, 11) is 0. The Morgan fingerprint density at radius 1 is 1.29 bits per heavy atom. The van der Waals surface area contributed by atoms with Crippen molar-refractivity contribution in [3.05, 3.63) is 35.6 Å². The third-order valence-corrected chi connectivity index (χ3v) is 3.31. The molecule has 0 spiro atoms. The summed E-state index contributed by atoms with van der Waals surface area (Å²) in [6.45, 7) is 3.08. The molecule has 0 aliphatic heterocycles. The molecule has 1 aromatic heterocycles. The molecule has 0 saturated heterocycles. The highest BCUT2D eigenvalue weighted by atomic mass is 16.3. The number of fused-ring (bicyclic) bond motifs is 1. The van der Waals surface area contributed by atoms with Crippen molar-refractivity contribution in [1.29, 1.82) is 0 Å². The van der Waals surface area contributed by atoms with Gasteiger partial charge in [-0.05, 0) is 43.0 Å². The number of benzene rings is 1. The van der Waals surface area contributed by atoms with E-state index in [0.717, 1.165) is 30.4 Å². The molecule has 2 heteroatoms. The second-order valence-corrected chi connectivity index (χ2v) is 4.99. The normalized spacial score (nSPS) is 15.6. The maximum Gasteiger partial charge on any atom is 0.134 e. The maximum atomic E-state index is 5.82. The van der Waals surface area contributed by atoms with Crippen LogP contribution in [0, 0.1) is 0 Å². The molecule has 1 N–H and O–H groups in total. The van der Waals surface area contributed by atoms with Gasteiger partial charge in [-0.1, -0.05) is 19.4 Å². The van der Waals surface area contributed by atoms with E-state index in [4.69, 9.17) is 4.42 Å². The molecule has 0 atom stereocenters. The minimum Gasteiger partial charge on any atom is -0.460 e. The fraction of sp³-hybridized carbons (Fsp3) is 0.467. The Balaban J connectivity index is 1.78. The Morgan fingerprint density at radius 3 is 2.94 bits per heavy atom. The zero-order valence-electron chi connectivity index (χ0n) is 10.3. The molecule has 1 aromatic carbocycles. The molecule has 2 aromatic rings. The number of hydrogen-bond donors (Lipinski definition) is 1. The number of hydrogen-bond acceptors (Lipinski definition) is 2. The van der Waals surface area contributed by atoms with Crippen LogP contribution in [0.2, 0.25) is 0 Å². The largest absolute Gasteiger partial charge is 0.460 e. The Hall–Kier alpha value is -1.28. The van der Waals surface area contributed by atoms with E-state index in [2.05, 4.69) is 36.5 Å². The van der Waals surface area contributed by atoms with Gasteiger partial charge in [0.1, 0.15) is 11.3 Å². The fourth-order valence-electron chi connectivity index (χ4n) is 2.21. The van der Waals surface area contributed by atoms with Crippen LogP contribution in [-0.2, 0) is 13.0 Å². The first-order valence-electron chi connectivity index (χ1n) is 6.60. The summed E-state index contributed by atoms with van der Waals surface area (Å²) < 4.78 is 5.82. The highest BCUT2D eigenvalue weighted by molar-refractivity contribution is 5.78. The van der Waals surface area contributed by atoms with E-state index in [1.165, 1.54) is 30.2 Å². The number of rotatable bonds is 5. The summed E-state index contributed by atoms with van der Waals surface area (Å²) >= 11 is 0. The number of nitrogens with one attached hydrogen (secondary N) is 1. The van der Waals surface area contributed by atoms with Crippen molar-refractivity contribution in [3.63, 3.8) is 0 Å². The van der Waals surface area contributed by atoms with E-state index in [1.54, 1.807) is 0 Å². The number of furan rings is 1. The second kappa shape index (κ2) is 4.53. The molecule has 0 unspecified atom stereocenters. The quantitative estimate of drug-likeness (QED) is 0.846. The molecule has 90 valence electrons. The Morgan fingerprint density at radius 2 is 2.18 bits per heavy atom. The van der Waals surface area contributed by atoms with Crippen LogP contribution < -0.4 is 5.32 Å². The van der Waals surface area contributed by atoms with Crippen molar-refractivity contribution in [3.8, 4) is 0 Å². The van der Waals surface area contributed by atoms with Crippen molar-refractivity contribution in [2.24, 2.45) is 0 Å². The van der Waals surface area contributed by atoms with Crippen LogP contribution in [0.5, 0.6) is 0 Å². The number of aryl methyl sites for hydroxylation is 1. The summed E-state index contributed by atoms with van der Waals surface area (Å²) in [6, 6.07) is 9.43. The lowest BCUT2D eigenvalue weighted by molar-refractivity contribution is 0.512. The zero-order chi connectivity index (χ0) is 11.7. The lowest BCUT2D eigenvalue weighted by Gasteiger charge is -1.97. The van der Waals surface area contributed by atoms with E-state index in [0.29, 0.717) is 0 Å². The molecule has 17 heavy (non-hydrogen) atoms. The van der Waals surface area contributed by atoms with Gasteiger partial charge in [-0.3, -0.25) is 0 Å². The minimum absolute atomic E-state index is 0.735. The molecular weight excluding hydrogens is 210 g/mol. The highest BCUT2D eigenvalue weighted by Gasteiger charge is 2.20. The van der Waals surface area contributed by atoms with E-state index in [9.17, 15) is 0 Å². The monoisotopic (exact) mass is 229 g/mol. The molecular formula is C15H19NO. The Labute approximate surface area is 102 Å². The molecule has 1 heterocycles. The SMILES string of the molecule is CCCc1ccc2oc(CNC3CC3)cc2c1. The third-order valence-electron chi connectivity index (χ3n) is 3.31. The van der Waals surface area contributed by atoms with Crippen LogP contribution >= 0.6 is 0 Å². The summed E-state index contributed by atoms with van der Waals surface area (Å²) in [5.74, 6) is 1.06. The Kier molecular flexibility index (Phi) is 2.89. The molecule has 0 radical (unpaired) electrons.